The Kier molecular flexibility index (Phi) is 3.20. The molecule has 0 unspecified atom stereocenters. The Balaban J connectivity index is 2.98. The minimum absolute atomic E-state index is 0.0762. The van der Waals surface area contributed by atoms with Gasteiger partial charge in [0.05, 0.1) is 19.5 Å². The monoisotopic (exact) mass is 271 g/mol. The molecule has 78 valence electrons. The molecule has 0 saturated heterocycles. The molecule has 0 aliphatic carbocycles. The molecule has 0 amide bonds. The van der Waals surface area contributed by atoms with E-state index >= 15 is 0 Å². The summed E-state index contributed by atoms with van der Waals surface area (Å²) in [6, 6.07) is 0. The van der Waals surface area contributed by atoms with Crippen molar-refractivity contribution in [3.63, 3.8) is 0 Å². The van der Waals surface area contributed by atoms with Gasteiger partial charge in [-0.3, -0.25) is 4.98 Å². The van der Waals surface area contributed by atoms with Crippen molar-refractivity contribution in [1.82, 2.24) is 4.98 Å². The Morgan fingerprint density at radius 1 is 1.29 bits per heavy atom. The Morgan fingerprint density at radius 3 is 2.36 bits per heavy atom. The molecule has 1 aromatic rings. The molecule has 1 aromatic heterocycles. The first kappa shape index (κ1) is 11.1. The van der Waals surface area contributed by atoms with Gasteiger partial charge in [0.2, 0.25) is 0 Å². The van der Waals surface area contributed by atoms with E-state index < -0.39 is 12.1 Å². The van der Waals surface area contributed by atoms with Gasteiger partial charge in [0.25, 0.3) is 0 Å². The Morgan fingerprint density at radius 2 is 1.86 bits per heavy atom. The van der Waals surface area contributed by atoms with Gasteiger partial charge in [-0.25, -0.2) is 0 Å². The van der Waals surface area contributed by atoms with Crippen molar-refractivity contribution in [2.75, 3.05) is 7.11 Å². The lowest BCUT2D eigenvalue weighted by Crippen LogP contribution is -2.17. The zero-order valence-corrected chi connectivity index (χ0v) is 8.52. The van der Waals surface area contributed by atoms with Crippen molar-refractivity contribution in [3.8, 4) is 11.5 Å². The lowest BCUT2D eigenvalue weighted by molar-refractivity contribution is -0.275. The molecule has 1 heterocycles. The van der Waals surface area contributed by atoms with Crippen LogP contribution < -0.4 is 9.47 Å². The predicted octanol–water partition coefficient (Wildman–Crippen LogP) is 2.75. The molecule has 0 radical (unpaired) electrons. The SMILES string of the molecule is COc1cncc(OC(F)(F)F)c1Br. The van der Waals surface area contributed by atoms with Crippen LogP contribution in [-0.2, 0) is 0 Å². The molecular weight excluding hydrogens is 267 g/mol. The maximum atomic E-state index is 11.8. The number of methoxy groups -OCH3 is 1. The van der Waals surface area contributed by atoms with Crippen molar-refractivity contribution >= 4 is 15.9 Å². The maximum absolute atomic E-state index is 11.8. The number of pyridine rings is 1. The normalized spacial score (nSPS) is 11.2. The van der Waals surface area contributed by atoms with Gasteiger partial charge in [-0.2, -0.15) is 0 Å². The first-order valence-corrected chi connectivity index (χ1v) is 4.16. The van der Waals surface area contributed by atoms with E-state index in [4.69, 9.17) is 4.74 Å². The van der Waals surface area contributed by atoms with Crippen LogP contribution in [0.5, 0.6) is 11.5 Å². The molecule has 0 spiro atoms. The first-order valence-electron chi connectivity index (χ1n) is 3.37. The molecule has 0 aliphatic heterocycles. The summed E-state index contributed by atoms with van der Waals surface area (Å²) in [5.41, 5.74) is 0. The van der Waals surface area contributed by atoms with Gasteiger partial charge < -0.3 is 9.47 Å². The van der Waals surface area contributed by atoms with E-state index in [1.54, 1.807) is 0 Å². The molecule has 3 nitrogen and oxygen atoms in total. The summed E-state index contributed by atoms with van der Waals surface area (Å²) in [4.78, 5) is 3.52. The van der Waals surface area contributed by atoms with E-state index in [1.165, 1.54) is 13.3 Å². The van der Waals surface area contributed by atoms with Gasteiger partial charge in [-0.1, -0.05) is 0 Å². The molecule has 1 rings (SSSR count). The summed E-state index contributed by atoms with van der Waals surface area (Å²) >= 11 is 2.90. The molecule has 0 saturated carbocycles. The summed E-state index contributed by atoms with van der Waals surface area (Å²) < 4.78 is 44.0. The number of nitrogens with zero attached hydrogens (tertiary/aromatic N) is 1. The van der Waals surface area contributed by atoms with Gasteiger partial charge in [0.1, 0.15) is 4.47 Å². The zero-order valence-electron chi connectivity index (χ0n) is 6.93. The van der Waals surface area contributed by atoms with E-state index in [9.17, 15) is 13.2 Å². The highest BCUT2D eigenvalue weighted by Crippen LogP contribution is 2.35. The van der Waals surface area contributed by atoms with E-state index in [0.29, 0.717) is 0 Å². The molecule has 7 heteroatoms. The van der Waals surface area contributed by atoms with E-state index in [-0.39, 0.29) is 10.2 Å². The molecule has 14 heavy (non-hydrogen) atoms. The standard InChI is InChI=1S/C7H5BrF3NO2/c1-13-4-2-12-3-5(6(4)8)14-7(9,10)11/h2-3H,1H3. The average Bonchev–Trinajstić information content (AvgIpc) is 2.06. The molecule has 0 aromatic carbocycles. The minimum atomic E-state index is -4.74. The molecule has 0 fully saturated rings. The highest BCUT2D eigenvalue weighted by atomic mass is 79.9. The molecule has 0 atom stereocenters. The Labute approximate surface area is 86.0 Å². The number of rotatable bonds is 2. The number of hydrogen-bond donors (Lipinski definition) is 0. The van der Waals surface area contributed by atoms with Crippen LogP contribution in [0.2, 0.25) is 0 Å². The van der Waals surface area contributed by atoms with Gasteiger partial charge in [-0.05, 0) is 15.9 Å². The summed E-state index contributed by atoms with van der Waals surface area (Å²) in [5.74, 6) is -0.261. The van der Waals surface area contributed by atoms with E-state index in [2.05, 4.69) is 25.7 Å². The fourth-order valence-corrected chi connectivity index (χ4v) is 1.19. The largest absolute Gasteiger partial charge is 0.573 e. The van der Waals surface area contributed by atoms with Gasteiger partial charge in [0.15, 0.2) is 11.5 Å². The second-order valence-electron chi connectivity index (χ2n) is 2.20. The predicted molar refractivity (Wildman–Crippen MR) is 45.2 cm³/mol. The quantitative estimate of drug-likeness (QED) is 0.829. The van der Waals surface area contributed by atoms with Crippen molar-refractivity contribution in [3.05, 3.63) is 16.9 Å². The van der Waals surface area contributed by atoms with Crippen molar-refractivity contribution in [2.24, 2.45) is 0 Å². The van der Waals surface area contributed by atoms with E-state index in [1.807, 2.05) is 0 Å². The molecule has 0 aliphatic rings. The highest BCUT2D eigenvalue weighted by Gasteiger charge is 2.32. The number of ether oxygens (including phenoxy) is 2. The van der Waals surface area contributed by atoms with Crippen LogP contribution >= 0.6 is 15.9 Å². The summed E-state index contributed by atoms with van der Waals surface area (Å²) in [7, 11) is 1.32. The average molecular weight is 272 g/mol. The lowest BCUT2D eigenvalue weighted by atomic mass is 10.4. The lowest BCUT2D eigenvalue weighted by Gasteiger charge is -2.11. The Hall–Kier alpha value is -0.980. The van der Waals surface area contributed by atoms with Gasteiger partial charge in [0, 0.05) is 0 Å². The summed E-state index contributed by atoms with van der Waals surface area (Å²) in [6.07, 6.45) is -2.52. The van der Waals surface area contributed by atoms with Crippen LogP contribution in [-0.4, -0.2) is 18.5 Å². The molecule has 0 N–H and O–H groups in total. The van der Waals surface area contributed by atoms with Crippen LogP contribution in [0.4, 0.5) is 13.2 Å². The molecule has 0 bridgehead atoms. The number of hydrogen-bond acceptors (Lipinski definition) is 3. The summed E-state index contributed by atoms with van der Waals surface area (Å²) in [5, 5.41) is 0. The zero-order chi connectivity index (χ0) is 10.8. The van der Waals surface area contributed by atoms with Crippen LogP contribution in [0.25, 0.3) is 0 Å². The van der Waals surface area contributed by atoms with Gasteiger partial charge >= 0.3 is 6.36 Å². The summed E-state index contributed by atoms with van der Waals surface area (Å²) in [6.45, 7) is 0. The third-order valence-corrected chi connectivity index (χ3v) is 2.04. The molecular formula is C7H5BrF3NO2. The van der Waals surface area contributed by atoms with Crippen LogP contribution in [0.3, 0.4) is 0 Å². The second kappa shape index (κ2) is 4.04. The second-order valence-corrected chi connectivity index (χ2v) is 2.99. The number of alkyl halides is 3. The fourth-order valence-electron chi connectivity index (χ4n) is 0.746. The van der Waals surface area contributed by atoms with Crippen molar-refractivity contribution < 1.29 is 22.6 Å². The van der Waals surface area contributed by atoms with E-state index in [0.717, 1.165) is 6.20 Å². The minimum Gasteiger partial charge on any atom is -0.494 e. The maximum Gasteiger partial charge on any atom is 0.573 e. The fraction of sp³-hybridized carbons (Fsp3) is 0.286. The van der Waals surface area contributed by atoms with Crippen molar-refractivity contribution in [2.45, 2.75) is 6.36 Å². The third kappa shape index (κ3) is 2.76. The van der Waals surface area contributed by atoms with Crippen molar-refractivity contribution in [1.29, 1.82) is 0 Å². The van der Waals surface area contributed by atoms with Gasteiger partial charge in [-0.15, -0.1) is 13.2 Å². The first-order chi connectivity index (χ1) is 6.44. The van der Waals surface area contributed by atoms with Crippen LogP contribution in [0, 0.1) is 0 Å². The van der Waals surface area contributed by atoms with Crippen LogP contribution in [0.15, 0.2) is 16.9 Å². The third-order valence-electron chi connectivity index (χ3n) is 1.26. The number of halogens is 4. The number of aromatic nitrogens is 1. The van der Waals surface area contributed by atoms with Crippen LogP contribution in [0.1, 0.15) is 0 Å². The highest BCUT2D eigenvalue weighted by molar-refractivity contribution is 9.10. The Bertz CT molecular complexity index is 329. The smallest absolute Gasteiger partial charge is 0.494 e. The topological polar surface area (TPSA) is 31.4 Å².